The summed E-state index contributed by atoms with van der Waals surface area (Å²) in [7, 11) is 0. The Morgan fingerprint density at radius 3 is 2.58 bits per heavy atom. The molecular weight excluding hydrogens is 244 g/mol. The highest BCUT2D eigenvalue weighted by Crippen LogP contribution is 2.14. The number of non-ortho nitro benzene ring substituents is 1. The molecule has 0 aliphatic rings. The summed E-state index contributed by atoms with van der Waals surface area (Å²) >= 11 is 0. The monoisotopic (exact) mass is 258 g/mol. The highest BCUT2D eigenvalue weighted by molar-refractivity contribution is 5.41. The Morgan fingerprint density at radius 1 is 1.26 bits per heavy atom. The van der Waals surface area contributed by atoms with E-state index in [1.807, 2.05) is 13.8 Å². The predicted molar refractivity (Wildman–Crippen MR) is 71.9 cm³/mol. The van der Waals surface area contributed by atoms with E-state index in [-0.39, 0.29) is 5.69 Å². The first-order valence-electron chi connectivity index (χ1n) is 5.83. The molecular formula is C13H14N4O2. The van der Waals surface area contributed by atoms with Crippen LogP contribution in [-0.2, 0) is 6.54 Å². The lowest BCUT2D eigenvalue weighted by Gasteiger charge is -2.08. The van der Waals surface area contributed by atoms with E-state index in [0.717, 1.165) is 22.8 Å². The van der Waals surface area contributed by atoms with Crippen LogP contribution in [-0.4, -0.2) is 14.9 Å². The van der Waals surface area contributed by atoms with Gasteiger partial charge in [0.05, 0.1) is 16.3 Å². The number of nitro benzene ring substituents is 1. The van der Waals surface area contributed by atoms with Crippen LogP contribution in [0.4, 0.5) is 11.5 Å². The number of anilines is 1. The summed E-state index contributed by atoms with van der Waals surface area (Å²) in [5, 5.41) is 13.7. The quantitative estimate of drug-likeness (QED) is 0.673. The average molecular weight is 258 g/mol. The molecule has 0 bridgehead atoms. The average Bonchev–Trinajstić information content (AvgIpc) is 2.40. The van der Waals surface area contributed by atoms with Crippen molar-refractivity contribution >= 4 is 11.5 Å². The molecule has 2 rings (SSSR count). The first-order chi connectivity index (χ1) is 9.06. The van der Waals surface area contributed by atoms with Crippen molar-refractivity contribution in [2.45, 2.75) is 20.4 Å². The lowest BCUT2D eigenvalue weighted by molar-refractivity contribution is -0.384. The van der Waals surface area contributed by atoms with Crippen LogP contribution >= 0.6 is 0 Å². The van der Waals surface area contributed by atoms with E-state index >= 15 is 0 Å². The van der Waals surface area contributed by atoms with Crippen LogP contribution < -0.4 is 5.32 Å². The Kier molecular flexibility index (Phi) is 3.70. The smallest absolute Gasteiger partial charge is 0.269 e. The van der Waals surface area contributed by atoms with Crippen LogP contribution in [0.3, 0.4) is 0 Å². The van der Waals surface area contributed by atoms with Gasteiger partial charge >= 0.3 is 0 Å². The van der Waals surface area contributed by atoms with Crippen molar-refractivity contribution in [1.29, 1.82) is 0 Å². The highest BCUT2D eigenvalue weighted by atomic mass is 16.6. The van der Waals surface area contributed by atoms with E-state index in [1.165, 1.54) is 12.1 Å². The van der Waals surface area contributed by atoms with E-state index in [9.17, 15) is 10.1 Å². The molecule has 0 saturated heterocycles. The van der Waals surface area contributed by atoms with Crippen LogP contribution in [0.2, 0.25) is 0 Å². The van der Waals surface area contributed by atoms with Gasteiger partial charge in [-0.2, -0.15) is 0 Å². The van der Waals surface area contributed by atoms with Crippen molar-refractivity contribution < 1.29 is 4.92 Å². The summed E-state index contributed by atoms with van der Waals surface area (Å²) in [5.74, 6) is 0.735. The number of hydrogen-bond donors (Lipinski definition) is 1. The van der Waals surface area contributed by atoms with Gasteiger partial charge in [0.1, 0.15) is 5.82 Å². The number of rotatable bonds is 4. The second kappa shape index (κ2) is 5.43. The van der Waals surface area contributed by atoms with Gasteiger partial charge < -0.3 is 5.32 Å². The molecule has 6 heteroatoms. The second-order valence-electron chi connectivity index (χ2n) is 4.22. The molecule has 0 amide bonds. The van der Waals surface area contributed by atoms with Crippen LogP contribution in [0.25, 0.3) is 0 Å². The molecule has 1 N–H and O–H groups in total. The van der Waals surface area contributed by atoms with Gasteiger partial charge in [0, 0.05) is 24.9 Å². The first-order valence-corrected chi connectivity index (χ1v) is 5.83. The number of aryl methyl sites for hydroxylation is 2. The van der Waals surface area contributed by atoms with Crippen LogP contribution in [0, 0.1) is 24.0 Å². The van der Waals surface area contributed by atoms with Crippen molar-refractivity contribution in [3.8, 4) is 0 Å². The highest BCUT2D eigenvalue weighted by Gasteiger charge is 2.05. The van der Waals surface area contributed by atoms with Gasteiger partial charge in [-0.25, -0.2) is 4.98 Å². The van der Waals surface area contributed by atoms with Gasteiger partial charge in [0.2, 0.25) is 0 Å². The predicted octanol–water partition coefficient (Wildman–Crippen LogP) is 2.61. The van der Waals surface area contributed by atoms with Gasteiger partial charge in [-0.05, 0) is 19.4 Å². The maximum Gasteiger partial charge on any atom is 0.269 e. The maximum atomic E-state index is 10.5. The van der Waals surface area contributed by atoms with Gasteiger partial charge in [-0.1, -0.05) is 12.1 Å². The number of nitro groups is 1. The third-order valence-electron chi connectivity index (χ3n) is 2.68. The SMILES string of the molecule is Cc1cnc(C)c(NCc2ccc([N+](=O)[O-])cc2)n1. The molecule has 0 radical (unpaired) electrons. The fourth-order valence-corrected chi connectivity index (χ4v) is 1.63. The van der Waals surface area contributed by atoms with E-state index in [1.54, 1.807) is 18.3 Å². The molecule has 98 valence electrons. The summed E-state index contributed by atoms with van der Waals surface area (Å²) in [4.78, 5) is 18.7. The minimum absolute atomic E-state index is 0.0928. The van der Waals surface area contributed by atoms with Crippen LogP contribution in [0.1, 0.15) is 17.0 Å². The Hall–Kier alpha value is -2.50. The second-order valence-corrected chi connectivity index (χ2v) is 4.22. The molecule has 1 heterocycles. The van der Waals surface area contributed by atoms with Crippen molar-refractivity contribution in [3.63, 3.8) is 0 Å². The molecule has 6 nitrogen and oxygen atoms in total. The zero-order valence-corrected chi connectivity index (χ0v) is 10.8. The topological polar surface area (TPSA) is 81.0 Å². The zero-order valence-electron chi connectivity index (χ0n) is 10.8. The molecule has 2 aromatic rings. The molecule has 0 aliphatic carbocycles. The lowest BCUT2D eigenvalue weighted by atomic mass is 10.2. The van der Waals surface area contributed by atoms with Crippen molar-refractivity contribution in [2.75, 3.05) is 5.32 Å². The largest absolute Gasteiger partial charge is 0.364 e. The summed E-state index contributed by atoms with van der Waals surface area (Å²) in [5.41, 5.74) is 2.72. The third-order valence-corrected chi connectivity index (χ3v) is 2.68. The van der Waals surface area contributed by atoms with Gasteiger partial charge in [0.25, 0.3) is 5.69 Å². The molecule has 19 heavy (non-hydrogen) atoms. The number of aromatic nitrogens is 2. The normalized spacial score (nSPS) is 10.2. The van der Waals surface area contributed by atoms with Gasteiger partial charge in [-0.3, -0.25) is 15.1 Å². The minimum atomic E-state index is -0.409. The summed E-state index contributed by atoms with van der Waals surface area (Å²) in [6.07, 6.45) is 1.71. The molecule has 0 atom stereocenters. The Morgan fingerprint density at radius 2 is 1.95 bits per heavy atom. The first kappa shape index (κ1) is 12.9. The lowest BCUT2D eigenvalue weighted by Crippen LogP contribution is -2.05. The molecule has 0 saturated carbocycles. The summed E-state index contributed by atoms with van der Waals surface area (Å²) in [6.45, 7) is 4.31. The van der Waals surface area contributed by atoms with Crippen molar-refractivity contribution in [2.24, 2.45) is 0 Å². The van der Waals surface area contributed by atoms with E-state index < -0.39 is 4.92 Å². The number of hydrogen-bond acceptors (Lipinski definition) is 5. The molecule has 0 aliphatic heterocycles. The van der Waals surface area contributed by atoms with E-state index in [2.05, 4.69) is 15.3 Å². The third kappa shape index (κ3) is 3.25. The summed E-state index contributed by atoms with van der Waals surface area (Å²) < 4.78 is 0. The number of nitrogens with one attached hydrogen (secondary N) is 1. The Bertz CT molecular complexity index is 596. The Labute approximate surface area is 110 Å². The fourth-order valence-electron chi connectivity index (χ4n) is 1.63. The van der Waals surface area contributed by atoms with Crippen molar-refractivity contribution in [1.82, 2.24) is 9.97 Å². The fraction of sp³-hybridized carbons (Fsp3) is 0.231. The minimum Gasteiger partial charge on any atom is -0.364 e. The molecule has 0 fully saturated rings. The maximum absolute atomic E-state index is 10.5. The zero-order chi connectivity index (χ0) is 13.8. The standard InChI is InChI=1S/C13H14N4O2/c1-9-7-14-10(2)13(16-9)15-8-11-3-5-12(6-4-11)17(18)19/h3-7H,8H2,1-2H3,(H,15,16). The number of nitrogens with zero attached hydrogens (tertiary/aromatic N) is 3. The molecule has 1 aromatic heterocycles. The Balaban J connectivity index is 2.06. The van der Waals surface area contributed by atoms with Crippen LogP contribution in [0.5, 0.6) is 0 Å². The van der Waals surface area contributed by atoms with Gasteiger partial charge in [-0.15, -0.1) is 0 Å². The van der Waals surface area contributed by atoms with Crippen LogP contribution in [0.15, 0.2) is 30.5 Å². The molecule has 1 aromatic carbocycles. The molecule has 0 spiro atoms. The van der Waals surface area contributed by atoms with Gasteiger partial charge in [0.15, 0.2) is 0 Å². The van der Waals surface area contributed by atoms with E-state index in [0.29, 0.717) is 6.54 Å². The molecule has 0 unspecified atom stereocenters. The van der Waals surface area contributed by atoms with E-state index in [4.69, 9.17) is 0 Å². The number of benzene rings is 1. The summed E-state index contributed by atoms with van der Waals surface area (Å²) in [6, 6.07) is 6.44. The van der Waals surface area contributed by atoms with Crippen molar-refractivity contribution in [3.05, 3.63) is 57.5 Å².